The number of hydrogen-bond acceptors (Lipinski definition) is 4. The molecule has 0 saturated carbocycles. The Balaban J connectivity index is 2.96. The van der Waals surface area contributed by atoms with Gasteiger partial charge in [-0.05, 0) is 19.1 Å². The van der Waals surface area contributed by atoms with Crippen LogP contribution >= 0.6 is 12.2 Å². The normalized spacial score (nSPS) is 10.0. The molecule has 2 aromatic heterocycles. The van der Waals surface area contributed by atoms with Gasteiger partial charge in [-0.1, -0.05) is 12.2 Å². The third-order valence-corrected chi connectivity index (χ3v) is 2.80. The smallest absolute Gasteiger partial charge is 0.338 e. The van der Waals surface area contributed by atoms with Crippen LogP contribution in [0.5, 0.6) is 0 Å². The number of aromatic amines is 1. The summed E-state index contributed by atoms with van der Waals surface area (Å²) in [4.78, 5) is 14.0. The summed E-state index contributed by atoms with van der Waals surface area (Å²) < 4.78 is 5.39. The standard InChI is InChI=1S/C12H8N2O3S/c1-6-9(12(15)16)10(8-3-2-4-17-8)7(5-13)11(18)14-6/h2-4H,1H3,(H,14,18)(H,15,16). The van der Waals surface area contributed by atoms with Crippen LogP contribution in [0, 0.1) is 22.9 Å². The Bertz CT molecular complexity index is 708. The number of H-pyrrole nitrogens is 1. The van der Waals surface area contributed by atoms with E-state index in [-0.39, 0.29) is 21.3 Å². The maximum atomic E-state index is 11.3. The molecule has 0 saturated heterocycles. The van der Waals surface area contributed by atoms with Crippen LogP contribution in [-0.4, -0.2) is 16.1 Å². The fourth-order valence-electron chi connectivity index (χ4n) is 1.76. The first-order valence-corrected chi connectivity index (χ1v) is 5.41. The highest BCUT2D eigenvalue weighted by molar-refractivity contribution is 7.71. The molecular weight excluding hydrogens is 252 g/mol. The fourth-order valence-corrected chi connectivity index (χ4v) is 2.06. The second kappa shape index (κ2) is 4.47. The van der Waals surface area contributed by atoms with Crippen LogP contribution in [0.1, 0.15) is 21.6 Å². The van der Waals surface area contributed by atoms with Gasteiger partial charge in [0.2, 0.25) is 0 Å². The molecule has 6 heteroatoms. The minimum absolute atomic E-state index is 0.00454. The first-order valence-electron chi connectivity index (χ1n) is 5.00. The molecule has 2 rings (SSSR count). The van der Waals surface area contributed by atoms with Gasteiger partial charge in [0.05, 0.1) is 23.0 Å². The summed E-state index contributed by atoms with van der Waals surface area (Å²) in [7, 11) is 0. The van der Waals surface area contributed by atoms with Crippen molar-refractivity contribution in [3.8, 4) is 17.4 Å². The highest BCUT2D eigenvalue weighted by atomic mass is 32.1. The third kappa shape index (κ3) is 1.81. The Labute approximate surface area is 107 Å². The average molecular weight is 260 g/mol. The monoisotopic (exact) mass is 260 g/mol. The van der Waals surface area contributed by atoms with Gasteiger partial charge >= 0.3 is 5.97 Å². The van der Waals surface area contributed by atoms with Crippen molar-refractivity contribution in [3.05, 3.63) is 39.9 Å². The summed E-state index contributed by atoms with van der Waals surface area (Å²) in [5.41, 5.74) is 0.701. The molecule has 0 fully saturated rings. The molecule has 0 bridgehead atoms. The number of aryl methyl sites for hydroxylation is 1. The lowest BCUT2D eigenvalue weighted by Gasteiger charge is -2.09. The molecule has 0 aromatic carbocycles. The maximum absolute atomic E-state index is 11.3. The number of carbonyl (C=O) groups is 1. The summed E-state index contributed by atoms with van der Waals surface area (Å²) in [6.07, 6.45) is 1.41. The van der Waals surface area contributed by atoms with E-state index in [4.69, 9.17) is 21.9 Å². The van der Waals surface area contributed by atoms with Crippen LogP contribution in [0.3, 0.4) is 0 Å². The van der Waals surface area contributed by atoms with Gasteiger partial charge in [-0.15, -0.1) is 0 Å². The predicted octanol–water partition coefficient (Wildman–Crippen LogP) is 2.88. The molecule has 0 spiro atoms. The van der Waals surface area contributed by atoms with Crippen molar-refractivity contribution >= 4 is 18.2 Å². The van der Waals surface area contributed by atoms with E-state index in [1.807, 2.05) is 6.07 Å². The zero-order valence-electron chi connectivity index (χ0n) is 9.35. The number of nitriles is 1. The zero-order valence-corrected chi connectivity index (χ0v) is 10.2. The largest absolute Gasteiger partial charge is 0.478 e. The van der Waals surface area contributed by atoms with Gasteiger partial charge in [-0.2, -0.15) is 5.26 Å². The van der Waals surface area contributed by atoms with Crippen molar-refractivity contribution in [2.24, 2.45) is 0 Å². The summed E-state index contributed by atoms with van der Waals surface area (Å²) in [5, 5.41) is 18.4. The molecule has 18 heavy (non-hydrogen) atoms. The summed E-state index contributed by atoms with van der Waals surface area (Å²) >= 11 is 5.03. The van der Waals surface area contributed by atoms with Crippen molar-refractivity contribution in [1.82, 2.24) is 4.98 Å². The van der Waals surface area contributed by atoms with Crippen molar-refractivity contribution in [2.75, 3.05) is 0 Å². The van der Waals surface area contributed by atoms with Gasteiger partial charge in [0, 0.05) is 5.69 Å². The van der Waals surface area contributed by atoms with Gasteiger partial charge in [0.25, 0.3) is 0 Å². The van der Waals surface area contributed by atoms with E-state index in [9.17, 15) is 9.90 Å². The molecule has 0 aliphatic heterocycles. The average Bonchev–Trinajstić information content (AvgIpc) is 2.80. The van der Waals surface area contributed by atoms with E-state index in [0.717, 1.165) is 0 Å². The van der Waals surface area contributed by atoms with Crippen LogP contribution < -0.4 is 0 Å². The van der Waals surface area contributed by atoms with E-state index in [0.29, 0.717) is 11.5 Å². The Morgan fingerprint density at radius 1 is 1.61 bits per heavy atom. The minimum atomic E-state index is -1.14. The number of carboxylic acid groups (broad SMARTS) is 1. The molecule has 5 nitrogen and oxygen atoms in total. The molecule has 2 aromatic rings. The molecule has 2 heterocycles. The summed E-state index contributed by atoms with van der Waals surface area (Å²) in [6.45, 7) is 1.59. The number of pyridine rings is 1. The summed E-state index contributed by atoms with van der Waals surface area (Å²) in [6, 6.07) is 5.13. The number of nitrogens with zero attached hydrogens (tertiary/aromatic N) is 1. The molecule has 0 aliphatic carbocycles. The SMILES string of the molecule is Cc1[nH]c(=S)c(C#N)c(-c2ccco2)c1C(=O)O. The lowest BCUT2D eigenvalue weighted by molar-refractivity contribution is 0.0696. The number of aromatic carboxylic acids is 1. The molecule has 90 valence electrons. The van der Waals surface area contributed by atoms with Gasteiger partial charge in [0.15, 0.2) is 0 Å². The van der Waals surface area contributed by atoms with E-state index >= 15 is 0 Å². The number of nitrogens with one attached hydrogen (secondary N) is 1. The lowest BCUT2D eigenvalue weighted by Crippen LogP contribution is -2.07. The van der Waals surface area contributed by atoms with Gasteiger partial charge < -0.3 is 14.5 Å². The molecule has 0 amide bonds. The number of rotatable bonds is 2. The molecule has 0 aliphatic rings. The van der Waals surface area contributed by atoms with E-state index in [2.05, 4.69) is 4.98 Å². The van der Waals surface area contributed by atoms with Crippen molar-refractivity contribution < 1.29 is 14.3 Å². The van der Waals surface area contributed by atoms with Crippen LogP contribution in [0.2, 0.25) is 0 Å². The van der Waals surface area contributed by atoms with Crippen LogP contribution in [0.4, 0.5) is 0 Å². The number of furan rings is 1. The second-order valence-corrected chi connectivity index (χ2v) is 4.01. The minimum Gasteiger partial charge on any atom is -0.478 e. The quantitative estimate of drug-likeness (QED) is 0.810. The molecular formula is C12H8N2O3S. The zero-order chi connectivity index (χ0) is 13.3. The maximum Gasteiger partial charge on any atom is 0.338 e. The highest BCUT2D eigenvalue weighted by Gasteiger charge is 2.22. The van der Waals surface area contributed by atoms with E-state index in [1.54, 1.807) is 19.1 Å². The van der Waals surface area contributed by atoms with Gasteiger partial charge in [-0.3, -0.25) is 0 Å². The van der Waals surface area contributed by atoms with Crippen LogP contribution in [-0.2, 0) is 0 Å². The first-order chi connectivity index (χ1) is 8.56. The Morgan fingerprint density at radius 3 is 2.83 bits per heavy atom. The number of hydrogen-bond donors (Lipinski definition) is 2. The Morgan fingerprint density at radius 2 is 2.33 bits per heavy atom. The highest BCUT2D eigenvalue weighted by Crippen LogP contribution is 2.29. The summed E-state index contributed by atoms with van der Waals surface area (Å²) in [5.74, 6) is -0.825. The third-order valence-electron chi connectivity index (χ3n) is 2.50. The number of carboxylic acids is 1. The van der Waals surface area contributed by atoms with Crippen LogP contribution in [0.15, 0.2) is 22.8 Å². The fraction of sp³-hybridized carbons (Fsp3) is 0.0833. The van der Waals surface area contributed by atoms with Crippen molar-refractivity contribution in [3.63, 3.8) is 0 Å². The number of aromatic nitrogens is 1. The Kier molecular flexibility index (Phi) is 3.00. The topological polar surface area (TPSA) is 90.0 Å². The van der Waals surface area contributed by atoms with Gasteiger partial charge in [-0.25, -0.2) is 4.79 Å². The van der Waals surface area contributed by atoms with Gasteiger partial charge in [0.1, 0.15) is 16.5 Å². The molecule has 0 radical (unpaired) electrons. The van der Waals surface area contributed by atoms with E-state index in [1.165, 1.54) is 6.26 Å². The molecule has 2 N–H and O–H groups in total. The first kappa shape index (κ1) is 12.1. The lowest BCUT2D eigenvalue weighted by atomic mass is 10.00. The predicted molar refractivity (Wildman–Crippen MR) is 65.7 cm³/mol. The van der Waals surface area contributed by atoms with Crippen molar-refractivity contribution in [1.29, 1.82) is 5.26 Å². The molecule has 0 atom stereocenters. The van der Waals surface area contributed by atoms with Crippen LogP contribution in [0.25, 0.3) is 11.3 Å². The second-order valence-electron chi connectivity index (χ2n) is 3.60. The van der Waals surface area contributed by atoms with Crippen molar-refractivity contribution in [2.45, 2.75) is 6.92 Å². The molecule has 0 unspecified atom stereocenters. The van der Waals surface area contributed by atoms with E-state index < -0.39 is 5.97 Å². The Hall–Kier alpha value is -2.39.